The van der Waals surface area contributed by atoms with E-state index < -0.39 is 0 Å². The van der Waals surface area contributed by atoms with Crippen molar-refractivity contribution in [2.75, 3.05) is 26.2 Å². The Morgan fingerprint density at radius 1 is 1.23 bits per heavy atom. The van der Waals surface area contributed by atoms with Crippen molar-refractivity contribution >= 4 is 17.5 Å². The van der Waals surface area contributed by atoms with Gasteiger partial charge in [0.2, 0.25) is 0 Å². The van der Waals surface area contributed by atoms with Crippen LogP contribution < -0.4 is 10.1 Å². The van der Waals surface area contributed by atoms with Crippen LogP contribution in [0.1, 0.15) is 29.0 Å². The van der Waals surface area contributed by atoms with Crippen LogP contribution in [0, 0.1) is 6.92 Å². The molecule has 0 atom stereocenters. The Morgan fingerprint density at radius 3 is 2.62 bits per heavy atom. The lowest BCUT2D eigenvalue weighted by molar-refractivity contribution is 0.0900. The molecular weight excluding hydrogens is 352 g/mol. The van der Waals surface area contributed by atoms with Gasteiger partial charge in [0.05, 0.1) is 11.9 Å². The minimum atomic E-state index is -0.151. The third-order valence-corrected chi connectivity index (χ3v) is 4.68. The smallest absolute Gasteiger partial charge is 0.271 e. The van der Waals surface area contributed by atoms with Crippen LogP contribution in [0.5, 0.6) is 5.75 Å². The molecule has 6 nitrogen and oxygen atoms in total. The highest BCUT2D eigenvalue weighted by Crippen LogP contribution is 2.16. The van der Waals surface area contributed by atoms with E-state index in [1.165, 1.54) is 6.20 Å². The van der Waals surface area contributed by atoms with Crippen LogP contribution in [0.2, 0.25) is 5.02 Å². The number of likely N-dealkylation sites (tertiary alicyclic amines) is 1. The molecule has 26 heavy (non-hydrogen) atoms. The number of aromatic nitrogens is 2. The normalized spacial score (nSPS) is 15.6. The number of halogens is 1. The molecule has 0 aliphatic carbocycles. The monoisotopic (exact) mass is 374 g/mol. The van der Waals surface area contributed by atoms with E-state index in [2.05, 4.69) is 20.2 Å². The van der Waals surface area contributed by atoms with Crippen molar-refractivity contribution in [3.63, 3.8) is 0 Å². The maximum atomic E-state index is 12.2. The van der Waals surface area contributed by atoms with Crippen LogP contribution >= 0.6 is 11.6 Å². The molecular formula is C19H23ClN4O2. The molecule has 2 heterocycles. The van der Waals surface area contributed by atoms with E-state index in [1.807, 2.05) is 31.2 Å². The fourth-order valence-electron chi connectivity index (χ4n) is 2.89. The van der Waals surface area contributed by atoms with Crippen LogP contribution in [0.25, 0.3) is 0 Å². The van der Waals surface area contributed by atoms with Crippen molar-refractivity contribution in [2.24, 2.45) is 0 Å². The van der Waals surface area contributed by atoms with E-state index in [9.17, 15) is 4.79 Å². The summed E-state index contributed by atoms with van der Waals surface area (Å²) in [5, 5.41) is 3.76. The standard InChI is InChI=1S/C19H23ClN4O2/c1-14-12-22-18(13-21-14)19(25)23-16-6-8-24(9-7-16)10-11-26-17-4-2-15(20)3-5-17/h2-5,12-13,16H,6-11H2,1H3,(H,23,25). The number of nitrogens with one attached hydrogen (secondary N) is 1. The van der Waals surface area contributed by atoms with E-state index in [4.69, 9.17) is 16.3 Å². The molecule has 0 bridgehead atoms. The largest absolute Gasteiger partial charge is 0.492 e. The summed E-state index contributed by atoms with van der Waals surface area (Å²) in [5.74, 6) is 0.678. The summed E-state index contributed by atoms with van der Waals surface area (Å²) in [4.78, 5) is 22.8. The summed E-state index contributed by atoms with van der Waals surface area (Å²) in [6.45, 7) is 5.23. The number of benzene rings is 1. The molecule has 7 heteroatoms. The Bertz CT molecular complexity index is 713. The SMILES string of the molecule is Cc1cnc(C(=O)NC2CCN(CCOc3ccc(Cl)cc3)CC2)cn1. The number of nitrogens with zero attached hydrogens (tertiary/aromatic N) is 3. The third kappa shape index (κ3) is 5.41. The number of hydrogen-bond acceptors (Lipinski definition) is 5. The summed E-state index contributed by atoms with van der Waals surface area (Å²) in [5.41, 5.74) is 1.17. The maximum absolute atomic E-state index is 12.2. The Labute approximate surface area is 158 Å². The van der Waals surface area contributed by atoms with Crippen LogP contribution in [-0.2, 0) is 0 Å². The van der Waals surface area contributed by atoms with Crippen LogP contribution in [-0.4, -0.2) is 53.1 Å². The van der Waals surface area contributed by atoms with Crippen molar-refractivity contribution < 1.29 is 9.53 Å². The highest BCUT2D eigenvalue weighted by atomic mass is 35.5. The molecule has 3 rings (SSSR count). The second-order valence-electron chi connectivity index (χ2n) is 6.43. The van der Waals surface area contributed by atoms with Gasteiger partial charge in [-0.25, -0.2) is 4.98 Å². The summed E-state index contributed by atoms with van der Waals surface area (Å²) < 4.78 is 5.74. The molecule has 0 saturated carbocycles. The Morgan fingerprint density at radius 2 is 1.96 bits per heavy atom. The third-order valence-electron chi connectivity index (χ3n) is 4.43. The number of carbonyl (C=O) groups excluding carboxylic acids is 1. The summed E-state index contributed by atoms with van der Waals surface area (Å²) in [7, 11) is 0. The molecule has 1 aromatic heterocycles. The number of ether oxygens (including phenoxy) is 1. The minimum absolute atomic E-state index is 0.151. The van der Waals surface area contributed by atoms with E-state index in [-0.39, 0.29) is 11.9 Å². The van der Waals surface area contributed by atoms with Crippen LogP contribution in [0.15, 0.2) is 36.7 Å². The van der Waals surface area contributed by atoms with Gasteiger partial charge in [-0.15, -0.1) is 0 Å². The van der Waals surface area contributed by atoms with Crippen molar-refractivity contribution in [3.05, 3.63) is 53.1 Å². The predicted octanol–water partition coefficient (Wildman–Crippen LogP) is 2.71. The molecule has 1 fully saturated rings. The molecule has 0 radical (unpaired) electrons. The Balaban J connectivity index is 1.36. The fraction of sp³-hybridized carbons (Fsp3) is 0.421. The molecule has 1 amide bonds. The van der Waals surface area contributed by atoms with Gasteiger partial charge >= 0.3 is 0 Å². The zero-order valence-electron chi connectivity index (χ0n) is 14.8. The zero-order valence-corrected chi connectivity index (χ0v) is 15.6. The number of hydrogen-bond donors (Lipinski definition) is 1. The van der Waals surface area contributed by atoms with Crippen molar-refractivity contribution in [1.82, 2.24) is 20.2 Å². The first-order valence-electron chi connectivity index (χ1n) is 8.80. The summed E-state index contributed by atoms with van der Waals surface area (Å²) >= 11 is 5.86. The van der Waals surface area contributed by atoms with Gasteiger partial charge < -0.3 is 10.1 Å². The van der Waals surface area contributed by atoms with Gasteiger partial charge in [-0.1, -0.05) is 11.6 Å². The quantitative estimate of drug-likeness (QED) is 0.842. The first-order chi connectivity index (χ1) is 12.6. The molecule has 0 spiro atoms. The van der Waals surface area contributed by atoms with E-state index in [0.717, 1.165) is 43.9 Å². The molecule has 0 unspecified atom stereocenters. The fourth-order valence-corrected chi connectivity index (χ4v) is 3.02. The molecule has 1 saturated heterocycles. The lowest BCUT2D eigenvalue weighted by Crippen LogP contribution is -2.45. The summed E-state index contributed by atoms with van der Waals surface area (Å²) in [6, 6.07) is 7.57. The summed E-state index contributed by atoms with van der Waals surface area (Å²) in [6.07, 6.45) is 4.98. The lowest BCUT2D eigenvalue weighted by Gasteiger charge is -2.32. The highest BCUT2D eigenvalue weighted by Gasteiger charge is 2.21. The second-order valence-corrected chi connectivity index (χ2v) is 6.87. The predicted molar refractivity (Wildman–Crippen MR) is 101 cm³/mol. The number of piperidine rings is 1. The zero-order chi connectivity index (χ0) is 18.4. The lowest BCUT2D eigenvalue weighted by atomic mass is 10.0. The molecule has 1 N–H and O–H groups in total. The Kier molecular flexibility index (Phi) is 6.41. The van der Waals surface area contributed by atoms with Crippen LogP contribution in [0.4, 0.5) is 0 Å². The van der Waals surface area contributed by atoms with Crippen LogP contribution in [0.3, 0.4) is 0 Å². The van der Waals surface area contributed by atoms with E-state index >= 15 is 0 Å². The van der Waals surface area contributed by atoms with Gasteiger partial charge in [-0.3, -0.25) is 14.7 Å². The van der Waals surface area contributed by atoms with Crippen molar-refractivity contribution in [2.45, 2.75) is 25.8 Å². The van der Waals surface area contributed by atoms with Gasteiger partial charge in [-0.2, -0.15) is 0 Å². The average Bonchev–Trinajstić information content (AvgIpc) is 2.65. The van der Waals surface area contributed by atoms with Gasteiger partial charge in [0.15, 0.2) is 0 Å². The molecule has 138 valence electrons. The number of rotatable bonds is 6. The van der Waals surface area contributed by atoms with Gasteiger partial charge in [0.25, 0.3) is 5.91 Å². The van der Waals surface area contributed by atoms with Crippen molar-refractivity contribution in [1.29, 1.82) is 0 Å². The molecule has 1 aliphatic heterocycles. The molecule has 2 aromatic rings. The van der Waals surface area contributed by atoms with Crippen molar-refractivity contribution in [3.8, 4) is 5.75 Å². The number of amides is 1. The highest BCUT2D eigenvalue weighted by molar-refractivity contribution is 6.30. The Hall–Kier alpha value is -2.18. The van der Waals surface area contributed by atoms with E-state index in [0.29, 0.717) is 17.3 Å². The van der Waals surface area contributed by atoms with E-state index in [1.54, 1.807) is 6.20 Å². The average molecular weight is 375 g/mol. The number of aryl methyl sites for hydroxylation is 1. The first-order valence-corrected chi connectivity index (χ1v) is 9.18. The van der Waals surface area contributed by atoms with Gasteiger partial charge in [0, 0.05) is 36.9 Å². The number of carbonyl (C=O) groups is 1. The van der Waals surface area contributed by atoms with Gasteiger partial charge in [-0.05, 0) is 44.0 Å². The molecule has 1 aliphatic rings. The topological polar surface area (TPSA) is 67.4 Å². The molecule has 1 aromatic carbocycles. The first kappa shape index (κ1) is 18.6. The van der Waals surface area contributed by atoms with Gasteiger partial charge in [0.1, 0.15) is 18.1 Å². The minimum Gasteiger partial charge on any atom is -0.492 e. The second kappa shape index (κ2) is 8.96. The maximum Gasteiger partial charge on any atom is 0.271 e.